The quantitative estimate of drug-likeness (QED) is 0.785. The molecule has 6 heteroatoms. The first-order chi connectivity index (χ1) is 10.1. The van der Waals surface area contributed by atoms with Crippen molar-refractivity contribution in [1.29, 1.82) is 0 Å². The van der Waals surface area contributed by atoms with Crippen LogP contribution in [0.15, 0.2) is 36.7 Å². The molecule has 0 radical (unpaired) electrons. The molecule has 0 bridgehead atoms. The lowest BCUT2D eigenvalue weighted by Gasteiger charge is -2.12. The van der Waals surface area contributed by atoms with Gasteiger partial charge in [0, 0.05) is 30.6 Å². The van der Waals surface area contributed by atoms with Gasteiger partial charge in [0.15, 0.2) is 0 Å². The third-order valence-electron chi connectivity index (χ3n) is 3.01. The standard InChI is InChI=1S/C15H20N4O2/c1-11(10-21-2)18-15(20)9-19-8-13(7-17-19)12-3-5-14(16)6-4-12/h3-8,11H,9-10,16H2,1-2H3,(H,18,20). The van der Waals surface area contributed by atoms with Crippen LogP contribution in [0.25, 0.3) is 11.1 Å². The van der Waals surface area contributed by atoms with E-state index < -0.39 is 0 Å². The highest BCUT2D eigenvalue weighted by molar-refractivity contribution is 5.76. The molecule has 1 heterocycles. The molecule has 0 aliphatic carbocycles. The monoisotopic (exact) mass is 288 g/mol. The minimum atomic E-state index is -0.0912. The third-order valence-corrected chi connectivity index (χ3v) is 3.01. The molecule has 0 fully saturated rings. The van der Waals surface area contributed by atoms with Gasteiger partial charge in [-0.2, -0.15) is 5.10 Å². The van der Waals surface area contributed by atoms with Crippen molar-refractivity contribution in [1.82, 2.24) is 15.1 Å². The molecule has 21 heavy (non-hydrogen) atoms. The van der Waals surface area contributed by atoms with E-state index in [0.717, 1.165) is 16.8 Å². The summed E-state index contributed by atoms with van der Waals surface area (Å²) in [6.45, 7) is 2.56. The molecule has 0 saturated heterocycles. The zero-order valence-electron chi connectivity index (χ0n) is 12.2. The van der Waals surface area contributed by atoms with Crippen LogP contribution in [0.1, 0.15) is 6.92 Å². The molecular weight excluding hydrogens is 268 g/mol. The second-order valence-electron chi connectivity index (χ2n) is 4.97. The molecule has 1 aromatic heterocycles. The SMILES string of the molecule is COCC(C)NC(=O)Cn1cc(-c2ccc(N)cc2)cn1. The molecule has 1 unspecified atom stereocenters. The number of carbonyl (C=O) groups excluding carboxylic acids is 1. The van der Waals surface area contributed by atoms with Crippen molar-refractivity contribution in [3.63, 3.8) is 0 Å². The smallest absolute Gasteiger partial charge is 0.242 e. The molecule has 0 saturated carbocycles. The Balaban J connectivity index is 1.97. The first-order valence-corrected chi connectivity index (χ1v) is 6.75. The van der Waals surface area contributed by atoms with Gasteiger partial charge in [0.25, 0.3) is 0 Å². The van der Waals surface area contributed by atoms with Gasteiger partial charge in [-0.1, -0.05) is 12.1 Å². The summed E-state index contributed by atoms with van der Waals surface area (Å²) in [5, 5.41) is 7.05. The summed E-state index contributed by atoms with van der Waals surface area (Å²) in [5.74, 6) is -0.0912. The third kappa shape index (κ3) is 4.32. The summed E-state index contributed by atoms with van der Waals surface area (Å²) in [6.07, 6.45) is 3.57. The van der Waals surface area contributed by atoms with E-state index in [1.165, 1.54) is 0 Å². The van der Waals surface area contributed by atoms with Crippen LogP contribution in [0.2, 0.25) is 0 Å². The Morgan fingerprint density at radius 1 is 1.38 bits per heavy atom. The Kier molecular flexibility index (Phi) is 4.94. The maximum Gasteiger partial charge on any atom is 0.242 e. The van der Waals surface area contributed by atoms with Gasteiger partial charge < -0.3 is 15.8 Å². The van der Waals surface area contributed by atoms with Crippen LogP contribution in [0.3, 0.4) is 0 Å². The number of nitrogen functional groups attached to an aromatic ring is 1. The minimum absolute atomic E-state index is 0.0189. The number of benzene rings is 1. The summed E-state index contributed by atoms with van der Waals surface area (Å²) in [4.78, 5) is 11.8. The molecule has 6 nitrogen and oxygen atoms in total. The second kappa shape index (κ2) is 6.90. The van der Waals surface area contributed by atoms with Gasteiger partial charge in [-0.25, -0.2) is 0 Å². The summed E-state index contributed by atoms with van der Waals surface area (Å²) in [5.41, 5.74) is 8.35. The van der Waals surface area contributed by atoms with Gasteiger partial charge in [0.05, 0.1) is 12.8 Å². The first kappa shape index (κ1) is 15.1. The summed E-state index contributed by atoms with van der Waals surface area (Å²) < 4.78 is 6.59. The lowest BCUT2D eigenvalue weighted by molar-refractivity contribution is -0.122. The van der Waals surface area contributed by atoms with E-state index >= 15 is 0 Å². The predicted molar refractivity (Wildman–Crippen MR) is 81.6 cm³/mol. The number of ether oxygens (including phenoxy) is 1. The van der Waals surface area contributed by atoms with Gasteiger partial charge in [0.2, 0.25) is 5.91 Å². The van der Waals surface area contributed by atoms with Gasteiger partial charge >= 0.3 is 0 Å². The largest absolute Gasteiger partial charge is 0.399 e. The van der Waals surface area contributed by atoms with Crippen LogP contribution < -0.4 is 11.1 Å². The van der Waals surface area contributed by atoms with Crippen molar-refractivity contribution in [2.24, 2.45) is 0 Å². The van der Waals surface area contributed by atoms with Crippen molar-refractivity contribution in [3.8, 4) is 11.1 Å². The van der Waals surface area contributed by atoms with Gasteiger partial charge in [-0.05, 0) is 24.6 Å². The number of nitrogens with two attached hydrogens (primary N) is 1. The van der Waals surface area contributed by atoms with Crippen molar-refractivity contribution in [2.45, 2.75) is 19.5 Å². The van der Waals surface area contributed by atoms with E-state index in [4.69, 9.17) is 10.5 Å². The summed E-state index contributed by atoms with van der Waals surface area (Å²) in [7, 11) is 1.61. The molecule has 2 rings (SSSR count). The van der Waals surface area contributed by atoms with Gasteiger partial charge in [0.1, 0.15) is 6.54 Å². The fourth-order valence-corrected chi connectivity index (χ4v) is 2.03. The molecule has 1 aromatic carbocycles. The molecule has 112 valence electrons. The van der Waals surface area contributed by atoms with Crippen molar-refractivity contribution in [3.05, 3.63) is 36.7 Å². The molecule has 3 N–H and O–H groups in total. The normalized spacial score (nSPS) is 12.1. The van der Waals surface area contributed by atoms with E-state index in [2.05, 4.69) is 10.4 Å². The van der Waals surface area contributed by atoms with Crippen molar-refractivity contribution >= 4 is 11.6 Å². The van der Waals surface area contributed by atoms with Crippen LogP contribution in [0, 0.1) is 0 Å². The fourth-order valence-electron chi connectivity index (χ4n) is 2.03. The highest BCUT2D eigenvalue weighted by Crippen LogP contribution is 2.19. The predicted octanol–water partition coefficient (Wildman–Crippen LogP) is 1.28. The van der Waals surface area contributed by atoms with E-state index in [1.54, 1.807) is 18.0 Å². The first-order valence-electron chi connectivity index (χ1n) is 6.75. The maximum absolute atomic E-state index is 11.8. The van der Waals surface area contributed by atoms with Crippen molar-refractivity contribution in [2.75, 3.05) is 19.5 Å². The summed E-state index contributed by atoms with van der Waals surface area (Å²) in [6, 6.07) is 7.52. The second-order valence-corrected chi connectivity index (χ2v) is 4.97. The average molecular weight is 288 g/mol. The van der Waals surface area contributed by atoms with E-state index in [1.807, 2.05) is 37.4 Å². The Morgan fingerprint density at radius 3 is 2.76 bits per heavy atom. The number of aromatic nitrogens is 2. The van der Waals surface area contributed by atoms with E-state index in [9.17, 15) is 4.79 Å². The lowest BCUT2D eigenvalue weighted by atomic mass is 10.1. The molecule has 1 amide bonds. The lowest BCUT2D eigenvalue weighted by Crippen LogP contribution is -2.37. The van der Waals surface area contributed by atoms with Gasteiger partial charge in [-0.3, -0.25) is 9.48 Å². The Bertz CT molecular complexity index is 592. The minimum Gasteiger partial charge on any atom is -0.399 e. The zero-order chi connectivity index (χ0) is 15.2. The molecular formula is C15H20N4O2. The highest BCUT2D eigenvalue weighted by Gasteiger charge is 2.09. The van der Waals surface area contributed by atoms with E-state index in [-0.39, 0.29) is 18.5 Å². The number of amides is 1. The highest BCUT2D eigenvalue weighted by atomic mass is 16.5. The number of nitrogens with zero attached hydrogens (tertiary/aromatic N) is 2. The fraction of sp³-hybridized carbons (Fsp3) is 0.333. The molecule has 2 aromatic rings. The van der Waals surface area contributed by atoms with E-state index in [0.29, 0.717) is 6.61 Å². The molecule has 0 spiro atoms. The Labute approximate surface area is 123 Å². The van der Waals surface area contributed by atoms with Crippen LogP contribution in [-0.4, -0.2) is 35.4 Å². The molecule has 0 aliphatic heterocycles. The number of carbonyl (C=O) groups is 1. The molecule has 1 atom stereocenters. The number of rotatable bonds is 6. The number of hydrogen-bond donors (Lipinski definition) is 2. The molecule has 0 aliphatic rings. The number of methoxy groups -OCH3 is 1. The van der Waals surface area contributed by atoms with Crippen LogP contribution in [0.5, 0.6) is 0 Å². The van der Waals surface area contributed by atoms with Crippen LogP contribution in [0.4, 0.5) is 5.69 Å². The number of anilines is 1. The maximum atomic E-state index is 11.8. The van der Waals surface area contributed by atoms with Crippen LogP contribution >= 0.6 is 0 Å². The zero-order valence-corrected chi connectivity index (χ0v) is 12.2. The van der Waals surface area contributed by atoms with Gasteiger partial charge in [-0.15, -0.1) is 0 Å². The topological polar surface area (TPSA) is 82.2 Å². The summed E-state index contributed by atoms with van der Waals surface area (Å²) >= 11 is 0. The Hall–Kier alpha value is -2.34. The Morgan fingerprint density at radius 2 is 2.10 bits per heavy atom. The van der Waals surface area contributed by atoms with Crippen molar-refractivity contribution < 1.29 is 9.53 Å². The average Bonchev–Trinajstić information content (AvgIpc) is 2.88. The number of nitrogens with one attached hydrogen (secondary N) is 1. The number of hydrogen-bond acceptors (Lipinski definition) is 4. The van der Waals surface area contributed by atoms with Crippen LogP contribution in [-0.2, 0) is 16.1 Å².